The predicted molar refractivity (Wildman–Crippen MR) is 67.0 cm³/mol. The van der Waals surface area contributed by atoms with Gasteiger partial charge in [0, 0.05) is 0 Å². The van der Waals surface area contributed by atoms with Crippen LogP contribution in [0.5, 0.6) is 11.5 Å². The fourth-order valence-electron chi connectivity index (χ4n) is 1.58. The van der Waals surface area contributed by atoms with Crippen molar-refractivity contribution in [2.75, 3.05) is 0 Å². The van der Waals surface area contributed by atoms with Gasteiger partial charge in [0.25, 0.3) is 0 Å². The summed E-state index contributed by atoms with van der Waals surface area (Å²) < 4.78 is 19.2. The van der Waals surface area contributed by atoms with E-state index < -0.39 is 0 Å². The molecule has 0 spiro atoms. The van der Waals surface area contributed by atoms with Crippen molar-refractivity contribution in [1.82, 2.24) is 0 Å². The Morgan fingerprint density at radius 2 is 1.76 bits per heavy atom. The van der Waals surface area contributed by atoms with Crippen LogP contribution >= 0.6 is 0 Å². The summed E-state index contributed by atoms with van der Waals surface area (Å²) in [4.78, 5) is 0. The highest BCUT2D eigenvalue weighted by molar-refractivity contribution is 5.35. The van der Waals surface area contributed by atoms with E-state index in [0.29, 0.717) is 5.75 Å². The second-order valence-corrected chi connectivity index (χ2v) is 4.03. The maximum absolute atomic E-state index is 13.7. The molecule has 0 radical (unpaired) electrons. The van der Waals surface area contributed by atoms with Crippen molar-refractivity contribution in [3.8, 4) is 11.5 Å². The highest BCUT2D eigenvalue weighted by Gasteiger charge is 2.05. The zero-order chi connectivity index (χ0) is 12.3. The summed E-state index contributed by atoms with van der Waals surface area (Å²) in [6.07, 6.45) is 0.821. The minimum atomic E-state index is -0.315. The standard InChI is InChI=1S/C15H15FO/c1-3-12-6-9-15(14(16)10-12)17-13-7-4-11(2)5-8-13/h4-10H,3H2,1-2H3. The molecule has 0 saturated carbocycles. The van der Waals surface area contributed by atoms with E-state index in [-0.39, 0.29) is 11.6 Å². The van der Waals surface area contributed by atoms with Crippen LogP contribution in [0.2, 0.25) is 0 Å². The van der Waals surface area contributed by atoms with Gasteiger partial charge in [0.05, 0.1) is 0 Å². The molecule has 2 aromatic rings. The average Bonchev–Trinajstić information content (AvgIpc) is 2.34. The SMILES string of the molecule is CCc1ccc(Oc2ccc(C)cc2)c(F)c1. The molecule has 0 N–H and O–H groups in total. The smallest absolute Gasteiger partial charge is 0.165 e. The number of hydrogen-bond donors (Lipinski definition) is 0. The molecule has 0 heterocycles. The first-order valence-electron chi connectivity index (χ1n) is 5.72. The first kappa shape index (κ1) is 11.6. The minimum absolute atomic E-state index is 0.269. The van der Waals surface area contributed by atoms with Crippen LogP contribution in [0.25, 0.3) is 0 Å². The first-order chi connectivity index (χ1) is 8.19. The molecule has 0 fully saturated rings. The van der Waals surface area contributed by atoms with Crippen LogP contribution in [0, 0.1) is 12.7 Å². The summed E-state index contributed by atoms with van der Waals surface area (Å²) in [5.74, 6) is 0.606. The lowest BCUT2D eigenvalue weighted by atomic mass is 10.1. The molecule has 17 heavy (non-hydrogen) atoms. The lowest BCUT2D eigenvalue weighted by Gasteiger charge is -2.08. The Balaban J connectivity index is 2.21. The van der Waals surface area contributed by atoms with Gasteiger partial charge in [-0.2, -0.15) is 0 Å². The number of ether oxygens (including phenoxy) is 1. The van der Waals surface area contributed by atoms with Crippen LogP contribution in [0.1, 0.15) is 18.1 Å². The molecule has 2 aromatic carbocycles. The number of hydrogen-bond acceptors (Lipinski definition) is 1. The Hall–Kier alpha value is -1.83. The molecule has 0 aliphatic heterocycles. The lowest BCUT2D eigenvalue weighted by Crippen LogP contribution is -1.90. The van der Waals surface area contributed by atoms with Crippen LogP contribution in [0.4, 0.5) is 4.39 Å². The van der Waals surface area contributed by atoms with Gasteiger partial charge in [-0.1, -0.05) is 30.7 Å². The molecule has 0 aromatic heterocycles. The third kappa shape index (κ3) is 2.84. The van der Waals surface area contributed by atoms with Gasteiger partial charge in [0.2, 0.25) is 0 Å². The lowest BCUT2D eigenvalue weighted by molar-refractivity contribution is 0.441. The fourth-order valence-corrected chi connectivity index (χ4v) is 1.58. The van der Waals surface area contributed by atoms with Gasteiger partial charge in [-0.25, -0.2) is 4.39 Å². The van der Waals surface area contributed by atoms with Gasteiger partial charge >= 0.3 is 0 Å². The number of rotatable bonds is 3. The van der Waals surface area contributed by atoms with Crippen LogP contribution in [-0.4, -0.2) is 0 Å². The van der Waals surface area contributed by atoms with Gasteiger partial charge in [-0.15, -0.1) is 0 Å². The molecular weight excluding hydrogens is 215 g/mol. The van der Waals surface area contributed by atoms with Gasteiger partial charge in [-0.05, 0) is 43.2 Å². The Kier molecular flexibility index (Phi) is 3.43. The van der Waals surface area contributed by atoms with E-state index in [2.05, 4.69) is 0 Å². The van der Waals surface area contributed by atoms with E-state index in [1.165, 1.54) is 6.07 Å². The average molecular weight is 230 g/mol. The zero-order valence-electron chi connectivity index (χ0n) is 10.0. The van der Waals surface area contributed by atoms with Gasteiger partial charge in [-0.3, -0.25) is 0 Å². The normalized spacial score (nSPS) is 10.3. The third-order valence-electron chi connectivity index (χ3n) is 2.65. The van der Waals surface area contributed by atoms with Crippen molar-refractivity contribution in [3.05, 3.63) is 59.4 Å². The van der Waals surface area contributed by atoms with E-state index in [1.807, 2.05) is 44.2 Å². The molecule has 1 nitrogen and oxygen atoms in total. The molecule has 2 rings (SSSR count). The molecule has 0 unspecified atom stereocenters. The quantitative estimate of drug-likeness (QED) is 0.755. The summed E-state index contributed by atoms with van der Waals surface area (Å²) >= 11 is 0. The minimum Gasteiger partial charge on any atom is -0.454 e. The van der Waals surface area contributed by atoms with Crippen LogP contribution in [0.3, 0.4) is 0 Å². The highest BCUT2D eigenvalue weighted by Crippen LogP contribution is 2.25. The van der Waals surface area contributed by atoms with Crippen LogP contribution in [0.15, 0.2) is 42.5 Å². The van der Waals surface area contributed by atoms with Crippen molar-refractivity contribution < 1.29 is 9.13 Å². The Labute approximate surface area is 101 Å². The van der Waals surface area contributed by atoms with Crippen LogP contribution < -0.4 is 4.74 Å². The third-order valence-corrected chi connectivity index (χ3v) is 2.65. The zero-order valence-corrected chi connectivity index (χ0v) is 10.0. The summed E-state index contributed by atoms with van der Waals surface area (Å²) in [5, 5.41) is 0. The number of aryl methyl sites for hydroxylation is 2. The molecule has 2 heteroatoms. The van der Waals surface area contributed by atoms with Crippen molar-refractivity contribution in [2.24, 2.45) is 0 Å². The second-order valence-electron chi connectivity index (χ2n) is 4.03. The highest BCUT2D eigenvalue weighted by atomic mass is 19.1. The van der Waals surface area contributed by atoms with E-state index >= 15 is 0 Å². The molecule has 0 aliphatic carbocycles. The Morgan fingerprint density at radius 3 is 2.35 bits per heavy atom. The molecule has 0 bridgehead atoms. The molecule has 0 saturated heterocycles. The fraction of sp³-hybridized carbons (Fsp3) is 0.200. The summed E-state index contributed by atoms with van der Waals surface area (Å²) in [5.41, 5.74) is 2.12. The summed E-state index contributed by atoms with van der Waals surface area (Å²) in [7, 11) is 0. The molecular formula is C15H15FO. The number of benzene rings is 2. The van der Waals surface area contributed by atoms with E-state index in [9.17, 15) is 4.39 Å². The monoisotopic (exact) mass is 230 g/mol. The van der Waals surface area contributed by atoms with Gasteiger partial charge in [0.1, 0.15) is 5.75 Å². The van der Waals surface area contributed by atoms with E-state index in [0.717, 1.165) is 17.5 Å². The van der Waals surface area contributed by atoms with Crippen molar-refractivity contribution in [3.63, 3.8) is 0 Å². The molecule has 0 amide bonds. The summed E-state index contributed by atoms with van der Waals surface area (Å²) in [6, 6.07) is 12.6. The van der Waals surface area contributed by atoms with E-state index in [4.69, 9.17) is 4.74 Å². The second kappa shape index (κ2) is 5.00. The van der Waals surface area contributed by atoms with E-state index in [1.54, 1.807) is 6.07 Å². The summed E-state index contributed by atoms with van der Waals surface area (Å²) in [6.45, 7) is 4.00. The topological polar surface area (TPSA) is 9.23 Å². The van der Waals surface area contributed by atoms with Crippen molar-refractivity contribution in [2.45, 2.75) is 20.3 Å². The molecule has 0 aliphatic rings. The predicted octanol–water partition coefficient (Wildman–Crippen LogP) is 4.49. The maximum atomic E-state index is 13.7. The molecule has 0 atom stereocenters. The number of halogens is 1. The van der Waals surface area contributed by atoms with Crippen molar-refractivity contribution >= 4 is 0 Å². The first-order valence-corrected chi connectivity index (χ1v) is 5.72. The largest absolute Gasteiger partial charge is 0.454 e. The van der Waals surface area contributed by atoms with Crippen molar-refractivity contribution in [1.29, 1.82) is 0 Å². The maximum Gasteiger partial charge on any atom is 0.165 e. The Bertz CT molecular complexity index is 503. The molecule has 88 valence electrons. The van der Waals surface area contributed by atoms with Gasteiger partial charge < -0.3 is 4.74 Å². The Morgan fingerprint density at radius 1 is 1.06 bits per heavy atom. The van der Waals surface area contributed by atoms with Gasteiger partial charge in [0.15, 0.2) is 11.6 Å². The van der Waals surface area contributed by atoms with Crippen LogP contribution in [-0.2, 0) is 6.42 Å².